The Bertz CT molecular complexity index is 531. The minimum absolute atomic E-state index is 0.357. The maximum atomic E-state index is 10.6. The molecule has 2 aromatic rings. The van der Waals surface area contributed by atoms with Gasteiger partial charge in [-0.25, -0.2) is 9.78 Å². The Morgan fingerprint density at radius 1 is 1.35 bits per heavy atom. The number of aryl methyl sites for hydroxylation is 1. The molecule has 0 fully saturated rings. The summed E-state index contributed by atoms with van der Waals surface area (Å²) in [5, 5.41) is 18.0. The first-order chi connectivity index (χ1) is 8.09. The van der Waals surface area contributed by atoms with Gasteiger partial charge >= 0.3 is 5.97 Å². The fourth-order valence-corrected chi connectivity index (χ4v) is 1.60. The van der Waals surface area contributed by atoms with Gasteiger partial charge in [-0.2, -0.15) is 0 Å². The summed E-state index contributed by atoms with van der Waals surface area (Å²) in [5.74, 6) is -0.462. The number of aliphatic carboxylic acids is 1. The van der Waals surface area contributed by atoms with Gasteiger partial charge < -0.3 is 14.8 Å². The Balaban J connectivity index is 2.31. The zero-order valence-electron chi connectivity index (χ0n) is 9.24. The number of rotatable bonds is 3. The molecule has 1 aromatic carbocycles. The van der Waals surface area contributed by atoms with E-state index in [-0.39, 0.29) is 0 Å². The summed E-state index contributed by atoms with van der Waals surface area (Å²) in [4.78, 5) is 14.8. The first-order valence-corrected chi connectivity index (χ1v) is 5.08. The maximum Gasteiger partial charge on any atom is 0.337 e. The second-order valence-electron chi connectivity index (χ2n) is 3.72. The number of nitrogens with zero attached hydrogens (tertiary/aromatic N) is 2. The van der Waals surface area contributed by atoms with E-state index in [0.717, 1.165) is 11.4 Å². The van der Waals surface area contributed by atoms with Crippen molar-refractivity contribution in [3.63, 3.8) is 0 Å². The predicted octanol–water partition coefficient (Wildman–Crippen LogP) is 1.21. The van der Waals surface area contributed by atoms with Crippen LogP contribution in [0.1, 0.15) is 11.7 Å². The lowest BCUT2D eigenvalue weighted by Gasteiger charge is -2.07. The third kappa shape index (κ3) is 2.19. The normalized spacial score (nSPS) is 12.4. The van der Waals surface area contributed by atoms with E-state index in [1.165, 1.54) is 0 Å². The van der Waals surface area contributed by atoms with Gasteiger partial charge in [-0.1, -0.05) is 24.3 Å². The number of aliphatic hydroxyl groups is 1. The van der Waals surface area contributed by atoms with Gasteiger partial charge in [0.1, 0.15) is 5.82 Å². The van der Waals surface area contributed by atoms with Gasteiger partial charge in [-0.3, -0.25) is 0 Å². The Labute approximate surface area is 98.0 Å². The van der Waals surface area contributed by atoms with E-state index < -0.39 is 12.1 Å². The van der Waals surface area contributed by atoms with E-state index in [4.69, 9.17) is 5.11 Å². The van der Waals surface area contributed by atoms with Crippen LogP contribution in [0.4, 0.5) is 0 Å². The standard InChI is InChI=1S/C12H12N2O3/c1-14-7-6-13-11(14)9-4-2-8(3-5-9)10(15)12(16)17/h2-7,10,15H,1H3,(H,16,17). The van der Waals surface area contributed by atoms with Crippen molar-refractivity contribution >= 4 is 5.97 Å². The van der Waals surface area contributed by atoms with Crippen LogP contribution in [0.5, 0.6) is 0 Å². The minimum atomic E-state index is -1.48. The van der Waals surface area contributed by atoms with Crippen molar-refractivity contribution < 1.29 is 15.0 Å². The molecular weight excluding hydrogens is 220 g/mol. The summed E-state index contributed by atoms with van der Waals surface area (Å²) >= 11 is 0. The number of imidazole rings is 1. The van der Waals surface area contributed by atoms with Crippen molar-refractivity contribution in [1.29, 1.82) is 0 Å². The number of carbonyl (C=O) groups is 1. The fourth-order valence-electron chi connectivity index (χ4n) is 1.60. The molecule has 0 spiro atoms. The molecule has 0 aliphatic rings. The van der Waals surface area contributed by atoms with Crippen LogP contribution in [-0.2, 0) is 11.8 Å². The van der Waals surface area contributed by atoms with Crippen molar-refractivity contribution in [2.75, 3.05) is 0 Å². The van der Waals surface area contributed by atoms with Crippen molar-refractivity contribution in [2.45, 2.75) is 6.10 Å². The second-order valence-corrected chi connectivity index (χ2v) is 3.72. The molecule has 1 aromatic heterocycles. The Morgan fingerprint density at radius 3 is 2.47 bits per heavy atom. The average Bonchev–Trinajstić information content (AvgIpc) is 2.74. The first kappa shape index (κ1) is 11.3. The Morgan fingerprint density at radius 2 is 2.00 bits per heavy atom. The summed E-state index contributed by atoms with van der Waals surface area (Å²) in [6.07, 6.45) is 2.04. The summed E-state index contributed by atoms with van der Waals surface area (Å²) in [7, 11) is 1.88. The zero-order valence-corrected chi connectivity index (χ0v) is 9.24. The highest BCUT2D eigenvalue weighted by Crippen LogP contribution is 2.20. The van der Waals surface area contributed by atoms with Gasteiger partial charge in [-0.05, 0) is 5.56 Å². The first-order valence-electron chi connectivity index (χ1n) is 5.08. The second kappa shape index (κ2) is 4.39. The van der Waals surface area contributed by atoms with E-state index in [1.54, 1.807) is 30.5 Å². The van der Waals surface area contributed by atoms with Crippen molar-refractivity contribution in [3.8, 4) is 11.4 Å². The largest absolute Gasteiger partial charge is 0.479 e. The van der Waals surface area contributed by atoms with E-state index in [9.17, 15) is 9.90 Å². The monoisotopic (exact) mass is 232 g/mol. The van der Waals surface area contributed by atoms with E-state index in [1.807, 2.05) is 17.8 Å². The van der Waals surface area contributed by atoms with Crippen LogP contribution in [0, 0.1) is 0 Å². The number of aliphatic hydroxyl groups excluding tert-OH is 1. The lowest BCUT2D eigenvalue weighted by atomic mass is 10.1. The molecule has 2 N–H and O–H groups in total. The minimum Gasteiger partial charge on any atom is -0.479 e. The lowest BCUT2D eigenvalue weighted by Crippen LogP contribution is -2.10. The van der Waals surface area contributed by atoms with Crippen LogP contribution in [0.25, 0.3) is 11.4 Å². The highest BCUT2D eigenvalue weighted by Gasteiger charge is 2.15. The predicted molar refractivity (Wildman–Crippen MR) is 61.2 cm³/mol. The number of benzene rings is 1. The summed E-state index contributed by atoms with van der Waals surface area (Å²) in [5.41, 5.74) is 1.23. The topological polar surface area (TPSA) is 75.3 Å². The average molecular weight is 232 g/mol. The summed E-state index contributed by atoms with van der Waals surface area (Å²) in [6.45, 7) is 0. The van der Waals surface area contributed by atoms with Gasteiger partial charge in [0.2, 0.25) is 0 Å². The molecular formula is C12H12N2O3. The van der Waals surface area contributed by atoms with Gasteiger partial charge in [0.15, 0.2) is 6.10 Å². The highest BCUT2D eigenvalue weighted by molar-refractivity contribution is 5.74. The smallest absolute Gasteiger partial charge is 0.337 e. The van der Waals surface area contributed by atoms with Gasteiger partial charge in [0.25, 0.3) is 0 Å². The molecule has 17 heavy (non-hydrogen) atoms. The molecule has 1 unspecified atom stereocenters. The fraction of sp³-hybridized carbons (Fsp3) is 0.167. The van der Waals surface area contributed by atoms with Crippen LogP contribution in [0.3, 0.4) is 0 Å². The summed E-state index contributed by atoms with van der Waals surface area (Å²) < 4.78 is 1.86. The zero-order chi connectivity index (χ0) is 12.4. The molecule has 1 heterocycles. The number of carboxylic acid groups (broad SMARTS) is 1. The Hall–Kier alpha value is -2.14. The molecule has 0 aliphatic carbocycles. The molecule has 88 valence electrons. The molecule has 0 saturated heterocycles. The Kier molecular flexibility index (Phi) is 2.93. The third-order valence-corrected chi connectivity index (χ3v) is 2.54. The third-order valence-electron chi connectivity index (χ3n) is 2.54. The summed E-state index contributed by atoms with van der Waals surface area (Å²) in [6, 6.07) is 6.65. The number of hydrogen-bond donors (Lipinski definition) is 2. The van der Waals surface area contributed by atoms with Crippen LogP contribution >= 0.6 is 0 Å². The van der Waals surface area contributed by atoms with Gasteiger partial charge in [0, 0.05) is 25.0 Å². The van der Waals surface area contributed by atoms with Gasteiger partial charge in [-0.15, -0.1) is 0 Å². The van der Waals surface area contributed by atoms with Crippen LogP contribution in [0.15, 0.2) is 36.7 Å². The molecule has 0 radical (unpaired) electrons. The molecule has 0 bridgehead atoms. The molecule has 2 rings (SSSR count). The molecule has 1 atom stereocenters. The van der Waals surface area contributed by atoms with Crippen molar-refractivity contribution in [2.24, 2.45) is 7.05 Å². The van der Waals surface area contributed by atoms with E-state index >= 15 is 0 Å². The van der Waals surface area contributed by atoms with E-state index in [2.05, 4.69) is 4.98 Å². The quantitative estimate of drug-likeness (QED) is 0.833. The van der Waals surface area contributed by atoms with Crippen molar-refractivity contribution in [3.05, 3.63) is 42.2 Å². The molecule has 5 nitrogen and oxygen atoms in total. The molecule has 0 aliphatic heterocycles. The molecule has 5 heteroatoms. The molecule has 0 saturated carbocycles. The van der Waals surface area contributed by atoms with Crippen LogP contribution in [0.2, 0.25) is 0 Å². The SMILES string of the molecule is Cn1ccnc1-c1ccc(C(O)C(=O)O)cc1. The lowest BCUT2D eigenvalue weighted by molar-refractivity contribution is -0.146. The number of hydrogen-bond acceptors (Lipinski definition) is 3. The van der Waals surface area contributed by atoms with E-state index in [0.29, 0.717) is 5.56 Å². The van der Waals surface area contributed by atoms with Crippen LogP contribution in [-0.4, -0.2) is 25.7 Å². The number of aromatic nitrogens is 2. The maximum absolute atomic E-state index is 10.6. The number of carboxylic acids is 1. The molecule has 0 amide bonds. The van der Waals surface area contributed by atoms with Crippen LogP contribution < -0.4 is 0 Å². The highest BCUT2D eigenvalue weighted by atomic mass is 16.4. The van der Waals surface area contributed by atoms with Gasteiger partial charge in [0.05, 0.1) is 0 Å². The van der Waals surface area contributed by atoms with Crippen molar-refractivity contribution in [1.82, 2.24) is 9.55 Å².